The molecule has 6 nitrogen and oxygen atoms in total. The van der Waals surface area contributed by atoms with Gasteiger partial charge in [-0.25, -0.2) is 9.18 Å². The van der Waals surface area contributed by atoms with Gasteiger partial charge in [0.05, 0.1) is 12.7 Å². The number of nitrogens with one attached hydrogen (secondary N) is 1. The van der Waals surface area contributed by atoms with E-state index >= 15 is 0 Å². The highest BCUT2D eigenvalue weighted by atomic mass is 19.1. The number of nitrogens with zero attached hydrogens (tertiary/aromatic N) is 1. The van der Waals surface area contributed by atoms with E-state index < -0.39 is 29.2 Å². The molecule has 1 saturated heterocycles. The van der Waals surface area contributed by atoms with Gasteiger partial charge in [-0.3, -0.25) is 14.3 Å². The molecule has 1 aromatic rings. The normalized spacial score (nSPS) is 32.9. The number of alkyl halides is 1. The van der Waals surface area contributed by atoms with Crippen molar-refractivity contribution in [3.63, 3.8) is 0 Å². The summed E-state index contributed by atoms with van der Waals surface area (Å²) in [7, 11) is 0. The van der Waals surface area contributed by atoms with E-state index in [-0.39, 0.29) is 13.0 Å². The summed E-state index contributed by atoms with van der Waals surface area (Å²) in [6.07, 6.45) is -0.596. The summed E-state index contributed by atoms with van der Waals surface area (Å²) in [6.45, 7) is 0.985. The van der Waals surface area contributed by atoms with Gasteiger partial charge in [0.15, 0.2) is 11.9 Å². The molecule has 2 N–H and O–H groups in total. The van der Waals surface area contributed by atoms with Crippen molar-refractivity contribution in [1.82, 2.24) is 9.55 Å². The Morgan fingerprint density at radius 2 is 2.41 bits per heavy atom. The van der Waals surface area contributed by atoms with Crippen LogP contribution in [0.15, 0.2) is 21.9 Å². The molecule has 1 aliphatic rings. The lowest BCUT2D eigenvalue weighted by Crippen LogP contribution is -2.38. The van der Waals surface area contributed by atoms with Crippen molar-refractivity contribution in [2.24, 2.45) is 0 Å². The molecule has 1 aliphatic heterocycles. The lowest BCUT2D eigenvalue weighted by Gasteiger charge is -2.22. The first kappa shape index (κ1) is 12.0. The van der Waals surface area contributed by atoms with Crippen LogP contribution in [0.25, 0.3) is 0 Å². The molecule has 17 heavy (non-hydrogen) atoms. The van der Waals surface area contributed by atoms with E-state index in [1.165, 1.54) is 13.1 Å². The maximum absolute atomic E-state index is 14.2. The summed E-state index contributed by atoms with van der Waals surface area (Å²) >= 11 is 0. The first-order valence-electron chi connectivity index (χ1n) is 5.21. The Hall–Kier alpha value is -1.47. The number of hydrogen-bond donors (Lipinski definition) is 2. The lowest BCUT2D eigenvalue weighted by atomic mass is 10.0. The van der Waals surface area contributed by atoms with Crippen molar-refractivity contribution in [2.75, 3.05) is 6.61 Å². The van der Waals surface area contributed by atoms with Gasteiger partial charge in [-0.15, -0.1) is 0 Å². The molecular formula is C10H13FN2O4. The third-order valence-corrected chi connectivity index (χ3v) is 2.77. The first-order chi connectivity index (χ1) is 7.94. The van der Waals surface area contributed by atoms with E-state index in [9.17, 15) is 14.0 Å². The first-order valence-corrected chi connectivity index (χ1v) is 5.21. The number of aliphatic hydroxyl groups is 1. The van der Waals surface area contributed by atoms with Gasteiger partial charge < -0.3 is 9.84 Å². The van der Waals surface area contributed by atoms with Crippen LogP contribution < -0.4 is 11.2 Å². The van der Waals surface area contributed by atoms with E-state index in [4.69, 9.17) is 9.84 Å². The Bertz CT molecular complexity index is 522. The highest BCUT2D eigenvalue weighted by Gasteiger charge is 2.47. The fourth-order valence-electron chi connectivity index (χ4n) is 1.99. The van der Waals surface area contributed by atoms with E-state index in [0.717, 1.165) is 10.6 Å². The van der Waals surface area contributed by atoms with E-state index in [0.29, 0.717) is 0 Å². The second-order valence-electron chi connectivity index (χ2n) is 4.29. The zero-order valence-corrected chi connectivity index (χ0v) is 9.22. The fourth-order valence-corrected chi connectivity index (χ4v) is 1.99. The van der Waals surface area contributed by atoms with Gasteiger partial charge in [-0.1, -0.05) is 0 Å². The van der Waals surface area contributed by atoms with Crippen LogP contribution in [0, 0.1) is 0 Å². The minimum atomic E-state index is -1.77. The van der Waals surface area contributed by atoms with Gasteiger partial charge in [-0.05, 0) is 6.92 Å². The maximum Gasteiger partial charge on any atom is 0.330 e. The summed E-state index contributed by atoms with van der Waals surface area (Å²) in [4.78, 5) is 24.4. The third-order valence-electron chi connectivity index (χ3n) is 2.77. The molecule has 1 fully saturated rings. The van der Waals surface area contributed by atoms with Gasteiger partial charge in [-0.2, -0.15) is 0 Å². The Morgan fingerprint density at radius 1 is 1.71 bits per heavy atom. The van der Waals surface area contributed by atoms with Crippen molar-refractivity contribution in [1.29, 1.82) is 0 Å². The molecule has 3 unspecified atom stereocenters. The van der Waals surface area contributed by atoms with Crippen LogP contribution in [-0.4, -0.2) is 33.0 Å². The molecule has 7 heteroatoms. The summed E-state index contributed by atoms with van der Waals surface area (Å²) in [6, 6.07) is 1.12. The molecular weight excluding hydrogens is 231 g/mol. The number of rotatable bonds is 2. The molecule has 0 radical (unpaired) electrons. The smallest absolute Gasteiger partial charge is 0.330 e. The monoisotopic (exact) mass is 244 g/mol. The Labute approximate surface area is 95.7 Å². The molecule has 94 valence electrons. The number of hydrogen-bond acceptors (Lipinski definition) is 4. The Balaban J connectivity index is 2.40. The topological polar surface area (TPSA) is 84.3 Å². The number of aromatic nitrogens is 2. The predicted octanol–water partition coefficient (Wildman–Crippen LogP) is -0.455. The summed E-state index contributed by atoms with van der Waals surface area (Å²) in [5, 5.41) is 8.94. The summed E-state index contributed by atoms with van der Waals surface area (Å²) in [5.41, 5.74) is -3.05. The molecule has 0 bridgehead atoms. The van der Waals surface area contributed by atoms with Crippen molar-refractivity contribution in [3.8, 4) is 0 Å². The molecule has 2 heterocycles. The van der Waals surface area contributed by atoms with Crippen LogP contribution in [0.1, 0.15) is 19.6 Å². The Kier molecular flexibility index (Phi) is 2.88. The van der Waals surface area contributed by atoms with Crippen LogP contribution in [0.2, 0.25) is 0 Å². The van der Waals surface area contributed by atoms with E-state index in [2.05, 4.69) is 0 Å². The molecule has 0 aromatic carbocycles. The zero-order chi connectivity index (χ0) is 12.6. The highest BCUT2D eigenvalue weighted by molar-refractivity contribution is 4.95. The van der Waals surface area contributed by atoms with Crippen LogP contribution in [0.3, 0.4) is 0 Å². The van der Waals surface area contributed by atoms with Crippen LogP contribution >= 0.6 is 0 Å². The summed E-state index contributed by atoms with van der Waals surface area (Å²) < 4.78 is 20.4. The summed E-state index contributed by atoms with van der Waals surface area (Å²) in [5.74, 6) is 0. The largest absolute Gasteiger partial charge is 0.394 e. The molecule has 1 aromatic heterocycles. The van der Waals surface area contributed by atoms with Crippen molar-refractivity contribution in [2.45, 2.75) is 31.3 Å². The average Bonchev–Trinajstić information content (AvgIpc) is 2.54. The van der Waals surface area contributed by atoms with Crippen LogP contribution in [0.5, 0.6) is 0 Å². The van der Waals surface area contributed by atoms with Gasteiger partial charge in [0.25, 0.3) is 5.56 Å². The third kappa shape index (κ3) is 2.16. The van der Waals surface area contributed by atoms with Gasteiger partial charge in [0, 0.05) is 18.7 Å². The zero-order valence-electron chi connectivity index (χ0n) is 9.22. The predicted molar refractivity (Wildman–Crippen MR) is 56.4 cm³/mol. The van der Waals surface area contributed by atoms with Crippen molar-refractivity contribution in [3.05, 3.63) is 33.1 Å². The maximum atomic E-state index is 14.2. The SMILES string of the molecule is CC1(F)CC(CO)OC1n1ccc(=O)[nH]c1=O. The molecule has 3 atom stereocenters. The molecule has 0 saturated carbocycles. The van der Waals surface area contributed by atoms with Gasteiger partial charge in [0.2, 0.25) is 0 Å². The number of aromatic amines is 1. The number of H-pyrrole nitrogens is 1. The highest BCUT2D eigenvalue weighted by Crippen LogP contribution is 2.39. The fraction of sp³-hybridized carbons (Fsp3) is 0.600. The minimum Gasteiger partial charge on any atom is -0.394 e. The standard InChI is InChI=1S/C10H13FN2O4/c1-10(11)4-6(5-14)17-8(10)13-3-2-7(15)12-9(13)16/h2-3,6,8,14H,4-5H2,1H3,(H,12,15,16). The molecule has 0 aliphatic carbocycles. The average molecular weight is 244 g/mol. The second-order valence-corrected chi connectivity index (χ2v) is 4.29. The number of aliphatic hydroxyl groups excluding tert-OH is 1. The number of ether oxygens (including phenoxy) is 1. The molecule has 2 rings (SSSR count). The van der Waals surface area contributed by atoms with Crippen LogP contribution in [0.4, 0.5) is 4.39 Å². The van der Waals surface area contributed by atoms with Gasteiger partial charge >= 0.3 is 5.69 Å². The quantitative estimate of drug-likeness (QED) is 0.737. The number of halogens is 1. The second kappa shape index (κ2) is 4.08. The molecule has 0 spiro atoms. The Morgan fingerprint density at radius 3 is 2.94 bits per heavy atom. The van der Waals surface area contributed by atoms with E-state index in [1.54, 1.807) is 0 Å². The molecule has 0 amide bonds. The van der Waals surface area contributed by atoms with Crippen molar-refractivity contribution < 1.29 is 14.2 Å². The lowest BCUT2D eigenvalue weighted by molar-refractivity contribution is -0.0610. The van der Waals surface area contributed by atoms with Gasteiger partial charge in [0.1, 0.15) is 0 Å². The van der Waals surface area contributed by atoms with E-state index in [1.807, 2.05) is 4.98 Å². The van der Waals surface area contributed by atoms with Crippen LogP contribution in [-0.2, 0) is 4.74 Å². The minimum absolute atomic E-state index is 0.000265. The van der Waals surface area contributed by atoms with Crippen molar-refractivity contribution >= 4 is 0 Å².